The van der Waals surface area contributed by atoms with E-state index in [1.54, 1.807) is 6.92 Å². The minimum absolute atomic E-state index is 0.0456. The molecule has 8 bridgehead atoms. The highest BCUT2D eigenvalue weighted by molar-refractivity contribution is 5.97. The minimum Gasteiger partial charge on any atom is -0.361 e. The second-order valence-electron chi connectivity index (χ2n) is 13.0. The molecule has 6 aromatic rings. The third-order valence-corrected chi connectivity index (χ3v) is 9.83. The number of hydrogen-bond donors (Lipinski definition) is 2. The largest absolute Gasteiger partial charge is 0.361 e. The summed E-state index contributed by atoms with van der Waals surface area (Å²) in [6, 6.07) is 43.7. The molecule has 2 aromatic heterocycles. The number of fused-ring (bicyclic) bond motifs is 8. The summed E-state index contributed by atoms with van der Waals surface area (Å²) in [7, 11) is 0. The molecule has 5 heterocycles. The number of ketones is 1. The lowest BCUT2D eigenvalue weighted by Crippen LogP contribution is -1.94. The normalized spacial score (nSPS) is 12.6. The summed E-state index contributed by atoms with van der Waals surface area (Å²) in [6.07, 6.45) is 10.2. The molecule has 0 saturated carbocycles. The molecule has 0 amide bonds. The molecule has 3 aliphatic heterocycles. The summed E-state index contributed by atoms with van der Waals surface area (Å²) >= 11 is 0. The Bertz CT molecular complexity index is 2570. The zero-order valence-electron chi connectivity index (χ0n) is 28.2. The second-order valence-corrected chi connectivity index (χ2v) is 13.0. The van der Waals surface area contributed by atoms with Gasteiger partial charge < -0.3 is 9.97 Å². The van der Waals surface area contributed by atoms with Gasteiger partial charge in [0.15, 0.2) is 5.78 Å². The van der Waals surface area contributed by atoms with Crippen LogP contribution in [0, 0.1) is 0 Å². The fraction of sp³-hybridized carbons (Fsp3) is 0.0652. The van der Waals surface area contributed by atoms with Crippen molar-refractivity contribution in [2.75, 3.05) is 0 Å². The number of hydrogen-bond acceptors (Lipinski definition) is 3. The van der Waals surface area contributed by atoms with E-state index in [0.29, 0.717) is 5.56 Å². The summed E-state index contributed by atoms with van der Waals surface area (Å²) in [6.45, 7) is 1.60. The van der Waals surface area contributed by atoms with Gasteiger partial charge >= 0.3 is 0 Å². The molecule has 0 aliphatic carbocycles. The number of aryl methyl sites for hydroxylation is 2. The molecule has 3 aliphatic rings. The molecule has 5 nitrogen and oxygen atoms in total. The highest BCUT2D eigenvalue weighted by Gasteiger charge is 2.22. The number of aromatic nitrogens is 4. The van der Waals surface area contributed by atoms with Gasteiger partial charge in [0.1, 0.15) is 0 Å². The number of nitrogens with one attached hydrogen (secondary N) is 2. The van der Waals surface area contributed by atoms with E-state index in [-0.39, 0.29) is 5.78 Å². The maximum atomic E-state index is 12.2. The predicted octanol–water partition coefficient (Wildman–Crippen LogP) is 11.0. The maximum Gasteiger partial charge on any atom is 0.159 e. The van der Waals surface area contributed by atoms with Crippen molar-refractivity contribution < 1.29 is 4.79 Å². The number of benzene rings is 4. The molecule has 4 aromatic carbocycles. The van der Waals surface area contributed by atoms with E-state index in [9.17, 15) is 4.79 Å². The van der Waals surface area contributed by atoms with E-state index >= 15 is 0 Å². The summed E-state index contributed by atoms with van der Waals surface area (Å²) in [5.74, 6) is 0.0456. The van der Waals surface area contributed by atoms with Crippen LogP contribution in [0.1, 0.15) is 51.4 Å². The fourth-order valence-corrected chi connectivity index (χ4v) is 7.42. The van der Waals surface area contributed by atoms with Crippen LogP contribution in [0.25, 0.3) is 79.8 Å². The number of carbonyl (C=O) groups is 1. The zero-order valence-corrected chi connectivity index (χ0v) is 28.2. The van der Waals surface area contributed by atoms with E-state index in [4.69, 9.17) is 9.97 Å². The van der Waals surface area contributed by atoms with E-state index in [1.807, 2.05) is 42.5 Å². The molecule has 0 fully saturated rings. The predicted molar refractivity (Wildman–Crippen MR) is 209 cm³/mol. The Morgan fingerprint density at radius 1 is 0.451 bits per heavy atom. The van der Waals surface area contributed by atoms with Crippen molar-refractivity contribution in [3.63, 3.8) is 0 Å². The Morgan fingerprint density at radius 3 is 1.24 bits per heavy atom. The summed E-state index contributed by atoms with van der Waals surface area (Å²) in [4.78, 5) is 30.7. The van der Waals surface area contributed by atoms with Gasteiger partial charge in [-0.1, -0.05) is 115 Å². The second kappa shape index (κ2) is 12.7. The Labute approximate surface area is 296 Å². The molecular weight excluding hydrogens is 625 g/mol. The number of aromatic amines is 2. The van der Waals surface area contributed by atoms with Crippen LogP contribution in [-0.4, -0.2) is 25.7 Å². The fourth-order valence-electron chi connectivity index (χ4n) is 7.42. The van der Waals surface area contributed by atoms with Crippen LogP contribution in [0.5, 0.6) is 0 Å². The van der Waals surface area contributed by atoms with Crippen molar-refractivity contribution in [1.29, 1.82) is 0 Å². The van der Waals surface area contributed by atoms with Crippen molar-refractivity contribution in [2.45, 2.75) is 19.8 Å². The van der Waals surface area contributed by atoms with Crippen LogP contribution < -0.4 is 0 Å². The molecule has 51 heavy (non-hydrogen) atoms. The molecule has 0 saturated heterocycles. The molecule has 2 N–H and O–H groups in total. The average molecular weight is 659 g/mol. The van der Waals surface area contributed by atoms with Crippen LogP contribution in [0.4, 0.5) is 0 Å². The van der Waals surface area contributed by atoms with Crippen LogP contribution in [-0.2, 0) is 12.8 Å². The van der Waals surface area contributed by atoms with Gasteiger partial charge in [0.05, 0.1) is 22.8 Å². The monoisotopic (exact) mass is 658 g/mol. The van der Waals surface area contributed by atoms with Gasteiger partial charge in [-0.15, -0.1) is 0 Å². The number of carbonyl (C=O) groups excluding carboxylic acids is 1. The van der Waals surface area contributed by atoms with Crippen LogP contribution in [0.2, 0.25) is 0 Å². The SMILES string of the molecule is CC(=O)c1ccc(-c2c3nc(c(-c4ccccc4)c4ccc([nH]4)c(-c4ccccc4)c4nc(c(-c5ccccc5)c5[nH]c2CC5)C=C4)C=C3)cc1. The van der Waals surface area contributed by atoms with E-state index in [2.05, 4.69) is 119 Å². The number of rotatable bonds is 5. The van der Waals surface area contributed by atoms with Crippen molar-refractivity contribution in [3.05, 3.63) is 167 Å². The first kappa shape index (κ1) is 30.5. The van der Waals surface area contributed by atoms with Crippen molar-refractivity contribution >= 4 is 41.1 Å². The quantitative estimate of drug-likeness (QED) is 0.181. The Hall–Kier alpha value is -6.59. The van der Waals surface area contributed by atoms with Crippen LogP contribution in [0.3, 0.4) is 0 Å². The number of H-pyrrole nitrogens is 2. The lowest BCUT2D eigenvalue weighted by molar-refractivity contribution is 0.101. The third kappa shape index (κ3) is 5.59. The maximum absolute atomic E-state index is 12.2. The van der Waals surface area contributed by atoms with Gasteiger partial charge in [-0.25, -0.2) is 9.97 Å². The highest BCUT2D eigenvalue weighted by Crippen LogP contribution is 2.38. The molecule has 0 atom stereocenters. The highest BCUT2D eigenvalue weighted by atomic mass is 16.1. The smallest absolute Gasteiger partial charge is 0.159 e. The van der Waals surface area contributed by atoms with E-state index < -0.39 is 0 Å². The van der Waals surface area contributed by atoms with Gasteiger partial charge in [-0.05, 0) is 78.5 Å². The molecule has 5 heteroatoms. The van der Waals surface area contributed by atoms with E-state index in [0.717, 1.165) is 103 Å². The van der Waals surface area contributed by atoms with E-state index in [1.165, 1.54) is 0 Å². The van der Waals surface area contributed by atoms with Gasteiger partial charge in [-0.2, -0.15) is 0 Å². The van der Waals surface area contributed by atoms with Crippen molar-refractivity contribution in [1.82, 2.24) is 19.9 Å². The average Bonchev–Trinajstić information content (AvgIpc) is 4.01. The Morgan fingerprint density at radius 2 is 0.824 bits per heavy atom. The molecule has 0 spiro atoms. The van der Waals surface area contributed by atoms with Crippen LogP contribution in [0.15, 0.2) is 127 Å². The Balaban J connectivity index is 1.45. The lowest BCUT2D eigenvalue weighted by Gasteiger charge is -2.08. The lowest BCUT2D eigenvalue weighted by atomic mass is 9.98. The molecule has 9 rings (SSSR count). The van der Waals surface area contributed by atoms with Crippen molar-refractivity contribution in [2.24, 2.45) is 0 Å². The van der Waals surface area contributed by atoms with Gasteiger partial charge in [0, 0.05) is 50.2 Å². The standard InChI is InChI=1S/C46H34N4O/c1-29(51)30-17-19-34(20-18-30)46-41-27-25-39(49-41)44(32-13-7-3-8-14-32)37-23-21-35(47-37)43(31-11-5-2-6-12-31)36-22-24-38(48-36)45(33-15-9-4-10-16-33)40-26-28-42(46)50-40/h2-25,27,47,50H,26,28H2,1H3. The van der Waals surface area contributed by atoms with Gasteiger partial charge in [-0.3, -0.25) is 4.79 Å². The first-order chi connectivity index (χ1) is 25.1. The summed E-state index contributed by atoms with van der Waals surface area (Å²) in [5, 5.41) is 0. The minimum atomic E-state index is 0.0456. The summed E-state index contributed by atoms with van der Waals surface area (Å²) < 4.78 is 0. The first-order valence-electron chi connectivity index (χ1n) is 17.3. The molecule has 0 radical (unpaired) electrons. The first-order valence-corrected chi connectivity index (χ1v) is 17.3. The number of Topliss-reactive ketones (excluding diaryl/α,β-unsaturated/α-hetero) is 1. The van der Waals surface area contributed by atoms with Crippen molar-refractivity contribution in [3.8, 4) is 44.5 Å². The molecule has 0 unspecified atom stereocenters. The summed E-state index contributed by atoms with van der Waals surface area (Å²) in [5.41, 5.74) is 16.9. The number of nitrogens with zero attached hydrogens (tertiary/aromatic N) is 2. The zero-order chi connectivity index (χ0) is 34.3. The topological polar surface area (TPSA) is 74.4 Å². The van der Waals surface area contributed by atoms with Crippen LogP contribution >= 0.6 is 0 Å². The van der Waals surface area contributed by atoms with Gasteiger partial charge in [0.2, 0.25) is 0 Å². The molecular formula is C46H34N4O. The third-order valence-electron chi connectivity index (χ3n) is 9.83. The Kier molecular flexibility index (Phi) is 7.59. The van der Waals surface area contributed by atoms with Gasteiger partial charge in [0.25, 0.3) is 0 Å². The molecule has 244 valence electrons.